The Kier molecular flexibility index (Phi) is 11.2. The Bertz CT molecular complexity index is 216. The van der Waals surface area contributed by atoms with Crippen LogP contribution in [0.25, 0.3) is 0 Å². The van der Waals surface area contributed by atoms with Crippen molar-refractivity contribution in [2.24, 2.45) is 5.73 Å². The third-order valence-electron chi connectivity index (χ3n) is 2.62. The number of methoxy groups -OCH3 is 1. The van der Waals surface area contributed by atoms with E-state index in [4.69, 9.17) is 10.5 Å². The number of nitrogens with two attached hydrogens (primary N) is 1. The molecule has 7 heteroatoms. The normalized spacial score (nSPS) is 15.8. The molecule has 3 N–H and O–H groups in total. The van der Waals surface area contributed by atoms with Crippen molar-refractivity contribution in [3.8, 4) is 0 Å². The van der Waals surface area contributed by atoms with E-state index in [2.05, 4.69) is 17.3 Å². The molecule has 1 atom stereocenters. The molecule has 0 bridgehead atoms. The maximum absolute atomic E-state index is 11.4. The molecule has 104 valence electrons. The topological polar surface area (TPSA) is 67.6 Å². The molecule has 1 aliphatic carbocycles. The predicted octanol–water partition coefficient (Wildman–Crippen LogP) is 0.0141. The number of halogens is 2. The molecule has 1 aliphatic rings. The van der Waals surface area contributed by atoms with Crippen LogP contribution >= 0.6 is 24.8 Å². The second-order valence-electron chi connectivity index (χ2n) is 4.06. The number of amides is 1. The number of hydrogen-bond donors (Lipinski definition) is 2. The van der Waals surface area contributed by atoms with Crippen molar-refractivity contribution < 1.29 is 9.53 Å². The molecule has 1 unspecified atom stereocenters. The smallest absolute Gasteiger partial charge is 0.239 e. The first-order chi connectivity index (χ1) is 7.15. The van der Waals surface area contributed by atoms with Crippen LogP contribution in [0.5, 0.6) is 0 Å². The predicted molar refractivity (Wildman–Crippen MR) is 73.0 cm³/mol. The zero-order valence-electron chi connectivity index (χ0n) is 10.3. The van der Waals surface area contributed by atoms with Crippen LogP contribution in [0.15, 0.2) is 0 Å². The van der Waals surface area contributed by atoms with E-state index in [-0.39, 0.29) is 37.3 Å². The first-order valence-electron chi connectivity index (χ1n) is 5.37. The summed E-state index contributed by atoms with van der Waals surface area (Å²) < 4.78 is 4.80. The van der Waals surface area contributed by atoms with Crippen molar-refractivity contribution in [1.29, 1.82) is 0 Å². The van der Waals surface area contributed by atoms with Gasteiger partial charge >= 0.3 is 0 Å². The number of carbonyl (C=O) groups excluding carboxylic acids is 1. The maximum Gasteiger partial charge on any atom is 0.239 e. The average molecular weight is 288 g/mol. The minimum atomic E-state index is -0.554. The van der Waals surface area contributed by atoms with Gasteiger partial charge in [-0.2, -0.15) is 0 Å². The lowest BCUT2D eigenvalue weighted by Gasteiger charge is -2.17. The zero-order valence-corrected chi connectivity index (χ0v) is 12.0. The van der Waals surface area contributed by atoms with Crippen LogP contribution in [0.4, 0.5) is 0 Å². The van der Waals surface area contributed by atoms with E-state index in [9.17, 15) is 4.79 Å². The van der Waals surface area contributed by atoms with Gasteiger partial charge in [-0.1, -0.05) is 0 Å². The van der Waals surface area contributed by atoms with Gasteiger partial charge in [-0.3, -0.25) is 4.79 Å². The fourth-order valence-electron chi connectivity index (χ4n) is 1.44. The summed E-state index contributed by atoms with van der Waals surface area (Å²) in [6, 6.07) is 0.177. The number of hydrogen-bond acceptors (Lipinski definition) is 4. The van der Waals surface area contributed by atoms with E-state index in [1.165, 1.54) is 20.0 Å². The molecule has 5 nitrogen and oxygen atoms in total. The van der Waals surface area contributed by atoms with Gasteiger partial charge in [-0.05, 0) is 19.9 Å². The lowest BCUT2D eigenvalue weighted by atomic mass is 10.3. The van der Waals surface area contributed by atoms with Crippen molar-refractivity contribution in [1.82, 2.24) is 10.2 Å². The van der Waals surface area contributed by atoms with Gasteiger partial charge in [0, 0.05) is 26.2 Å². The van der Waals surface area contributed by atoms with Gasteiger partial charge in [0.15, 0.2) is 0 Å². The van der Waals surface area contributed by atoms with Gasteiger partial charge < -0.3 is 20.7 Å². The summed E-state index contributed by atoms with van der Waals surface area (Å²) in [6.45, 7) is 1.81. The summed E-state index contributed by atoms with van der Waals surface area (Å²) in [5.74, 6) is -0.138. The minimum absolute atomic E-state index is 0. The molecule has 0 aromatic heterocycles. The fraction of sp³-hybridized carbons (Fsp3) is 0.900. The molecular weight excluding hydrogens is 265 g/mol. The van der Waals surface area contributed by atoms with E-state index in [0.29, 0.717) is 6.54 Å². The highest BCUT2D eigenvalue weighted by Crippen LogP contribution is 2.24. The first kappa shape index (κ1) is 19.3. The third-order valence-corrected chi connectivity index (χ3v) is 2.62. The van der Waals surface area contributed by atoms with Crippen LogP contribution in [0.2, 0.25) is 0 Å². The van der Waals surface area contributed by atoms with E-state index in [1.54, 1.807) is 0 Å². The van der Waals surface area contributed by atoms with Gasteiger partial charge in [0.05, 0.1) is 6.61 Å². The Balaban J connectivity index is 0. The molecule has 0 saturated heterocycles. The largest absolute Gasteiger partial charge is 0.383 e. The third kappa shape index (κ3) is 7.78. The molecular formula is C10H23Cl2N3O2. The number of ether oxygens (including phenoxy) is 1. The summed E-state index contributed by atoms with van der Waals surface area (Å²) in [4.78, 5) is 13.6. The molecule has 0 radical (unpaired) electrons. The monoisotopic (exact) mass is 287 g/mol. The Labute approximate surface area is 115 Å². The van der Waals surface area contributed by atoms with Gasteiger partial charge in [-0.25, -0.2) is 0 Å². The van der Waals surface area contributed by atoms with Crippen molar-refractivity contribution in [2.45, 2.75) is 24.9 Å². The molecule has 0 aromatic carbocycles. The zero-order chi connectivity index (χ0) is 11.3. The lowest BCUT2D eigenvalue weighted by molar-refractivity contribution is -0.123. The Morgan fingerprint density at radius 2 is 2.12 bits per heavy atom. The van der Waals surface area contributed by atoms with Gasteiger partial charge in [0.25, 0.3) is 0 Å². The number of nitrogens with one attached hydrogen (secondary N) is 1. The molecule has 0 heterocycles. The summed E-state index contributed by atoms with van der Waals surface area (Å²) in [5.41, 5.74) is 5.57. The molecule has 0 aromatic rings. The van der Waals surface area contributed by atoms with Crippen LogP contribution < -0.4 is 11.1 Å². The molecule has 0 spiro atoms. The van der Waals surface area contributed by atoms with E-state index in [0.717, 1.165) is 12.6 Å². The molecule has 1 amide bonds. The summed E-state index contributed by atoms with van der Waals surface area (Å²) in [6.07, 6.45) is 2.57. The molecule has 17 heavy (non-hydrogen) atoms. The molecule has 1 rings (SSSR count). The molecule has 0 aliphatic heterocycles. The van der Waals surface area contributed by atoms with Crippen LogP contribution in [-0.4, -0.2) is 56.7 Å². The van der Waals surface area contributed by atoms with E-state index < -0.39 is 6.04 Å². The quantitative estimate of drug-likeness (QED) is 0.693. The van der Waals surface area contributed by atoms with Crippen LogP contribution in [0, 0.1) is 0 Å². The molecule has 1 fully saturated rings. The van der Waals surface area contributed by atoms with Crippen molar-refractivity contribution in [2.75, 3.05) is 33.9 Å². The summed E-state index contributed by atoms with van der Waals surface area (Å²) in [5, 5.41) is 2.80. The SMILES string of the molecule is COCC(N)C(=O)NCCN(C)C1CC1.Cl.Cl. The van der Waals surface area contributed by atoms with Crippen molar-refractivity contribution >= 4 is 30.7 Å². The first-order valence-corrected chi connectivity index (χ1v) is 5.37. The highest BCUT2D eigenvalue weighted by Gasteiger charge is 2.25. The van der Waals surface area contributed by atoms with Crippen LogP contribution in [0.3, 0.4) is 0 Å². The Morgan fingerprint density at radius 3 is 2.59 bits per heavy atom. The Morgan fingerprint density at radius 1 is 1.53 bits per heavy atom. The number of nitrogens with zero attached hydrogens (tertiary/aromatic N) is 1. The lowest BCUT2D eigenvalue weighted by Crippen LogP contribution is -2.45. The van der Waals surface area contributed by atoms with E-state index in [1.807, 2.05) is 0 Å². The number of rotatable bonds is 7. The van der Waals surface area contributed by atoms with Gasteiger partial charge in [-0.15, -0.1) is 24.8 Å². The standard InChI is InChI=1S/C10H21N3O2.2ClH/c1-13(8-3-4-8)6-5-12-10(14)9(11)7-15-2;;/h8-9H,3-7,11H2,1-2H3,(H,12,14);2*1H. The molecule has 1 saturated carbocycles. The highest BCUT2D eigenvalue weighted by atomic mass is 35.5. The van der Waals surface area contributed by atoms with Crippen LogP contribution in [0.1, 0.15) is 12.8 Å². The number of carbonyl (C=O) groups is 1. The minimum Gasteiger partial charge on any atom is -0.383 e. The van der Waals surface area contributed by atoms with Crippen molar-refractivity contribution in [3.05, 3.63) is 0 Å². The number of likely N-dealkylation sites (N-methyl/N-ethyl adjacent to an activating group) is 1. The second kappa shape index (κ2) is 9.91. The van der Waals surface area contributed by atoms with Gasteiger partial charge in [0.2, 0.25) is 5.91 Å². The van der Waals surface area contributed by atoms with Gasteiger partial charge in [0.1, 0.15) is 6.04 Å². The fourth-order valence-corrected chi connectivity index (χ4v) is 1.44. The average Bonchev–Trinajstić information content (AvgIpc) is 3.00. The highest BCUT2D eigenvalue weighted by molar-refractivity contribution is 5.85. The second-order valence-corrected chi connectivity index (χ2v) is 4.06. The maximum atomic E-state index is 11.4. The van der Waals surface area contributed by atoms with E-state index >= 15 is 0 Å². The van der Waals surface area contributed by atoms with Crippen LogP contribution in [-0.2, 0) is 9.53 Å². The van der Waals surface area contributed by atoms with Crippen molar-refractivity contribution in [3.63, 3.8) is 0 Å². The Hall–Kier alpha value is -0.0700. The summed E-state index contributed by atoms with van der Waals surface area (Å²) >= 11 is 0. The summed E-state index contributed by atoms with van der Waals surface area (Å²) in [7, 11) is 3.62.